The second-order valence-electron chi connectivity index (χ2n) is 4.79. The molecule has 0 bridgehead atoms. The predicted molar refractivity (Wildman–Crippen MR) is 79.4 cm³/mol. The Morgan fingerprint density at radius 3 is 2.43 bits per heavy atom. The Hall–Kier alpha value is -2.43. The Morgan fingerprint density at radius 2 is 1.76 bits per heavy atom. The number of carbonyl (C=O) groups is 1. The van der Waals surface area contributed by atoms with Gasteiger partial charge in [0, 0.05) is 11.8 Å². The topological polar surface area (TPSA) is 41.1 Å². The number of para-hydroxylation sites is 1. The number of benzene rings is 2. The van der Waals surface area contributed by atoms with Gasteiger partial charge in [-0.05, 0) is 37.1 Å². The monoisotopic (exact) mass is 290 g/mol. The van der Waals surface area contributed by atoms with Crippen LogP contribution < -0.4 is 10.6 Å². The molecule has 0 saturated carbocycles. The third kappa shape index (κ3) is 3.78. The molecule has 0 aromatic heterocycles. The highest BCUT2D eigenvalue weighted by molar-refractivity contribution is 5.94. The Balaban J connectivity index is 2.01. The molecule has 2 aromatic carbocycles. The van der Waals surface area contributed by atoms with Crippen LogP contribution in [-0.2, 0) is 4.79 Å². The van der Waals surface area contributed by atoms with Crippen LogP contribution in [0.15, 0.2) is 36.4 Å². The smallest absolute Gasteiger partial charge is 0.243 e. The molecule has 0 spiro atoms. The predicted octanol–water partition coefficient (Wildman–Crippen LogP) is 3.63. The molecule has 1 amide bonds. The van der Waals surface area contributed by atoms with Gasteiger partial charge in [0.25, 0.3) is 0 Å². The van der Waals surface area contributed by atoms with Gasteiger partial charge in [-0.25, -0.2) is 8.78 Å². The van der Waals surface area contributed by atoms with Crippen molar-refractivity contribution in [1.29, 1.82) is 0 Å². The lowest BCUT2D eigenvalue weighted by molar-refractivity contribution is -0.114. The fourth-order valence-corrected chi connectivity index (χ4v) is 2.05. The van der Waals surface area contributed by atoms with E-state index in [1.165, 1.54) is 0 Å². The maximum absolute atomic E-state index is 13.4. The number of hydrogen-bond donors (Lipinski definition) is 2. The summed E-state index contributed by atoms with van der Waals surface area (Å²) < 4.78 is 26.4. The summed E-state index contributed by atoms with van der Waals surface area (Å²) >= 11 is 0. The minimum Gasteiger partial charge on any atom is -0.376 e. The van der Waals surface area contributed by atoms with Gasteiger partial charge < -0.3 is 10.6 Å². The number of aryl methyl sites for hydroxylation is 2. The van der Waals surface area contributed by atoms with Crippen LogP contribution in [0.3, 0.4) is 0 Å². The summed E-state index contributed by atoms with van der Waals surface area (Å²) in [5, 5.41) is 5.35. The van der Waals surface area contributed by atoms with Gasteiger partial charge in [0.1, 0.15) is 11.6 Å². The van der Waals surface area contributed by atoms with Gasteiger partial charge in [-0.3, -0.25) is 4.79 Å². The second kappa shape index (κ2) is 6.35. The zero-order valence-corrected chi connectivity index (χ0v) is 11.8. The van der Waals surface area contributed by atoms with Gasteiger partial charge in [-0.2, -0.15) is 0 Å². The molecule has 2 aromatic rings. The maximum atomic E-state index is 13.4. The first-order chi connectivity index (χ1) is 9.97. The first kappa shape index (κ1) is 15.0. The third-order valence-corrected chi connectivity index (χ3v) is 3.11. The number of amides is 1. The lowest BCUT2D eigenvalue weighted by Crippen LogP contribution is -2.23. The van der Waals surface area contributed by atoms with Gasteiger partial charge >= 0.3 is 0 Å². The van der Waals surface area contributed by atoms with E-state index in [1.54, 1.807) is 0 Å². The summed E-state index contributed by atoms with van der Waals surface area (Å²) in [5.41, 5.74) is 2.73. The van der Waals surface area contributed by atoms with Gasteiger partial charge in [0.2, 0.25) is 5.91 Å². The maximum Gasteiger partial charge on any atom is 0.243 e. The SMILES string of the molecule is Cc1cccc(C)c1NCC(=O)Nc1cc(F)ccc1F. The standard InChI is InChI=1S/C16H16F2N2O/c1-10-4-3-5-11(2)16(10)19-9-15(21)20-14-8-12(17)6-7-13(14)18/h3-8,19H,9H2,1-2H3,(H,20,21). The summed E-state index contributed by atoms with van der Waals surface area (Å²) in [4.78, 5) is 11.8. The number of nitrogens with one attached hydrogen (secondary N) is 2. The van der Waals surface area contributed by atoms with Crippen LogP contribution in [0.2, 0.25) is 0 Å². The minimum absolute atomic E-state index is 0.0261. The number of hydrogen-bond acceptors (Lipinski definition) is 2. The molecule has 2 rings (SSSR count). The average molecular weight is 290 g/mol. The second-order valence-corrected chi connectivity index (χ2v) is 4.79. The molecule has 0 unspecified atom stereocenters. The molecule has 5 heteroatoms. The van der Waals surface area contributed by atoms with Crippen molar-refractivity contribution in [3.8, 4) is 0 Å². The molecule has 0 aliphatic rings. The van der Waals surface area contributed by atoms with E-state index in [4.69, 9.17) is 0 Å². The highest BCUT2D eigenvalue weighted by Gasteiger charge is 2.09. The largest absolute Gasteiger partial charge is 0.376 e. The van der Waals surface area contributed by atoms with Crippen LogP contribution >= 0.6 is 0 Å². The number of halogens is 2. The number of carbonyl (C=O) groups excluding carboxylic acids is 1. The normalized spacial score (nSPS) is 10.3. The average Bonchev–Trinajstić information content (AvgIpc) is 2.42. The van der Waals surface area contributed by atoms with Gasteiger partial charge in [-0.1, -0.05) is 18.2 Å². The summed E-state index contributed by atoms with van der Waals surface area (Å²) in [6, 6.07) is 8.72. The molecule has 0 heterocycles. The summed E-state index contributed by atoms with van der Waals surface area (Å²) in [6.45, 7) is 3.83. The van der Waals surface area contributed by atoms with Crippen molar-refractivity contribution in [1.82, 2.24) is 0 Å². The molecular formula is C16H16F2N2O. The Morgan fingerprint density at radius 1 is 1.10 bits per heavy atom. The van der Waals surface area contributed by atoms with Crippen LogP contribution in [0.1, 0.15) is 11.1 Å². The minimum atomic E-state index is -0.670. The first-order valence-corrected chi connectivity index (χ1v) is 6.52. The van der Waals surface area contributed by atoms with Crippen molar-refractivity contribution in [3.05, 3.63) is 59.2 Å². The summed E-state index contributed by atoms with van der Waals surface area (Å²) in [5.74, 6) is -1.71. The van der Waals surface area contributed by atoms with Crippen molar-refractivity contribution in [2.45, 2.75) is 13.8 Å². The van der Waals surface area contributed by atoms with E-state index >= 15 is 0 Å². The van der Waals surface area contributed by atoms with E-state index in [9.17, 15) is 13.6 Å². The quantitative estimate of drug-likeness (QED) is 0.902. The molecule has 3 nitrogen and oxygen atoms in total. The Labute approximate surface area is 122 Å². The zero-order chi connectivity index (χ0) is 15.4. The molecule has 0 atom stereocenters. The molecular weight excluding hydrogens is 274 g/mol. The Bertz CT molecular complexity index is 651. The molecule has 110 valence electrons. The first-order valence-electron chi connectivity index (χ1n) is 6.52. The van der Waals surface area contributed by atoms with Crippen molar-refractivity contribution >= 4 is 17.3 Å². The van der Waals surface area contributed by atoms with E-state index in [1.807, 2.05) is 32.0 Å². The third-order valence-electron chi connectivity index (χ3n) is 3.11. The lowest BCUT2D eigenvalue weighted by atomic mass is 10.1. The van der Waals surface area contributed by atoms with Crippen LogP contribution in [0, 0.1) is 25.5 Å². The van der Waals surface area contributed by atoms with E-state index in [-0.39, 0.29) is 12.2 Å². The molecule has 0 aliphatic heterocycles. The lowest BCUT2D eigenvalue weighted by Gasteiger charge is -2.12. The van der Waals surface area contributed by atoms with Crippen LogP contribution in [0.5, 0.6) is 0 Å². The highest BCUT2D eigenvalue weighted by Crippen LogP contribution is 2.19. The zero-order valence-electron chi connectivity index (χ0n) is 11.8. The van der Waals surface area contributed by atoms with Crippen molar-refractivity contribution in [3.63, 3.8) is 0 Å². The molecule has 21 heavy (non-hydrogen) atoms. The highest BCUT2D eigenvalue weighted by atomic mass is 19.1. The molecule has 0 saturated heterocycles. The summed E-state index contributed by atoms with van der Waals surface area (Å²) in [6.07, 6.45) is 0. The number of rotatable bonds is 4. The van der Waals surface area contributed by atoms with Gasteiger partial charge in [0.15, 0.2) is 0 Å². The van der Waals surface area contributed by atoms with E-state index < -0.39 is 17.5 Å². The fourth-order valence-electron chi connectivity index (χ4n) is 2.05. The fraction of sp³-hybridized carbons (Fsp3) is 0.188. The van der Waals surface area contributed by atoms with Crippen LogP contribution in [-0.4, -0.2) is 12.5 Å². The number of anilines is 2. The summed E-state index contributed by atoms with van der Waals surface area (Å²) in [7, 11) is 0. The van der Waals surface area contributed by atoms with Crippen LogP contribution in [0.25, 0.3) is 0 Å². The van der Waals surface area contributed by atoms with Crippen molar-refractivity contribution in [2.75, 3.05) is 17.2 Å². The molecule has 0 fully saturated rings. The van der Waals surface area contributed by atoms with Crippen molar-refractivity contribution < 1.29 is 13.6 Å². The van der Waals surface area contributed by atoms with E-state index in [2.05, 4.69) is 10.6 Å². The van der Waals surface area contributed by atoms with Crippen LogP contribution in [0.4, 0.5) is 20.2 Å². The Kier molecular flexibility index (Phi) is 4.52. The van der Waals surface area contributed by atoms with E-state index in [0.717, 1.165) is 35.0 Å². The van der Waals surface area contributed by atoms with Gasteiger partial charge in [0.05, 0.1) is 12.2 Å². The molecule has 0 aliphatic carbocycles. The van der Waals surface area contributed by atoms with E-state index in [0.29, 0.717) is 0 Å². The molecule has 2 N–H and O–H groups in total. The van der Waals surface area contributed by atoms with Gasteiger partial charge in [-0.15, -0.1) is 0 Å². The molecule has 0 radical (unpaired) electrons. The van der Waals surface area contributed by atoms with Crippen molar-refractivity contribution in [2.24, 2.45) is 0 Å².